The summed E-state index contributed by atoms with van der Waals surface area (Å²) < 4.78 is 5.18. The third kappa shape index (κ3) is 7.09. The van der Waals surface area contributed by atoms with Crippen molar-refractivity contribution in [2.24, 2.45) is 0 Å². The SMILES string of the molecule is C=CC(=O)OC(C)(C)C[NH+](C)CC.[Br-]. The number of halogens is 1. The van der Waals surface area contributed by atoms with E-state index in [4.69, 9.17) is 4.74 Å². The van der Waals surface area contributed by atoms with Crippen LogP contribution in [0.15, 0.2) is 12.7 Å². The van der Waals surface area contributed by atoms with Gasteiger partial charge in [-0.3, -0.25) is 0 Å². The first-order valence-corrected chi connectivity index (χ1v) is 4.58. The summed E-state index contributed by atoms with van der Waals surface area (Å²) in [7, 11) is 2.07. The maximum absolute atomic E-state index is 10.9. The molecule has 0 saturated heterocycles. The largest absolute Gasteiger partial charge is 1.00 e. The van der Waals surface area contributed by atoms with Gasteiger partial charge in [-0.05, 0) is 20.8 Å². The summed E-state index contributed by atoms with van der Waals surface area (Å²) in [6.45, 7) is 11.1. The molecular formula is C10H20BrNO2. The summed E-state index contributed by atoms with van der Waals surface area (Å²) in [6, 6.07) is 0. The highest BCUT2D eigenvalue weighted by atomic mass is 79.9. The van der Waals surface area contributed by atoms with Crippen LogP contribution in [0.25, 0.3) is 0 Å². The van der Waals surface area contributed by atoms with Crippen molar-refractivity contribution in [1.82, 2.24) is 0 Å². The second-order valence-electron chi connectivity index (χ2n) is 3.87. The van der Waals surface area contributed by atoms with E-state index in [0.29, 0.717) is 0 Å². The number of quaternary nitrogens is 1. The highest BCUT2D eigenvalue weighted by molar-refractivity contribution is 5.81. The molecule has 0 amide bonds. The van der Waals surface area contributed by atoms with Gasteiger partial charge in [-0.25, -0.2) is 4.79 Å². The monoisotopic (exact) mass is 265 g/mol. The van der Waals surface area contributed by atoms with Gasteiger partial charge in [-0.2, -0.15) is 0 Å². The molecule has 0 aliphatic carbocycles. The fourth-order valence-electron chi connectivity index (χ4n) is 1.20. The van der Waals surface area contributed by atoms with Crippen LogP contribution in [0, 0.1) is 0 Å². The number of esters is 1. The number of ether oxygens (including phenoxy) is 1. The molecule has 0 aliphatic heterocycles. The minimum Gasteiger partial charge on any atom is -1.00 e. The molecule has 14 heavy (non-hydrogen) atoms. The zero-order valence-corrected chi connectivity index (χ0v) is 11.0. The summed E-state index contributed by atoms with van der Waals surface area (Å²) in [6.07, 6.45) is 1.20. The van der Waals surface area contributed by atoms with Crippen molar-refractivity contribution in [2.75, 3.05) is 20.1 Å². The summed E-state index contributed by atoms with van der Waals surface area (Å²) in [5.74, 6) is -0.353. The maximum Gasteiger partial charge on any atom is 0.330 e. The van der Waals surface area contributed by atoms with Crippen molar-refractivity contribution < 1.29 is 31.4 Å². The smallest absolute Gasteiger partial charge is 0.330 e. The van der Waals surface area contributed by atoms with Gasteiger partial charge in [0.25, 0.3) is 0 Å². The molecule has 0 fully saturated rings. The molecule has 0 radical (unpaired) electrons. The van der Waals surface area contributed by atoms with Gasteiger partial charge >= 0.3 is 5.97 Å². The molecule has 0 aromatic rings. The van der Waals surface area contributed by atoms with Crippen LogP contribution in [0.3, 0.4) is 0 Å². The van der Waals surface area contributed by atoms with E-state index in [1.54, 1.807) is 0 Å². The number of rotatable bonds is 5. The third-order valence-electron chi connectivity index (χ3n) is 1.87. The lowest BCUT2D eigenvalue weighted by atomic mass is 10.1. The van der Waals surface area contributed by atoms with Crippen molar-refractivity contribution >= 4 is 5.97 Å². The molecule has 84 valence electrons. The molecule has 4 heteroatoms. The van der Waals surface area contributed by atoms with Crippen molar-refractivity contribution in [3.8, 4) is 0 Å². The average Bonchev–Trinajstić information content (AvgIpc) is 2.02. The molecule has 0 spiro atoms. The molecule has 0 aromatic carbocycles. The first-order chi connectivity index (χ1) is 5.91. The lowest BCUT2D eigenvalue weighted by Gasteiger charge is -2.26. The van der Waals surface area contributed by atoms with E-state index in [9.17, 15) is 4.79 Å². The van der Waals surface area contributed by atoms with Gasteiger partial charge in [-0.15, -0.1) is 0 Å². The van der Waals surface area contributed by atoms with E-state index in [0.717, 1.165) is 13.1 Å². The summed E-state index contributed by atoms with van der Waals surface area (Å²) >= 11 is 0. The molecule has 0 heterocycles. The molecule has 1 N–H and O–H groups in total. The van der Waals surface area contributed by atoms with Crippen LogP contribution in [-0.2, 0) is 9.53 Å². The van der Waals surface area contributed by atoms with Crippen LogP contribution in [0.2, 0.25) is 0 Å². The van der Waals surface area contributed by atoms with Crippen LogP contribution < -0.4 is 21.9 Å². The zero-order chi connectivity index (χ0) is 10.5. The molecule has 3 nitrogen and oxygen atoms in total. The van der Waals surface area contributed by atoms with Gasteiger partial charge in [0.15, 0.2) is 5.60 Å². The Bertz CT molecular complexity index is 193. The Balaban J connectivity index is 0. The summed E-state index contributed by atoms with van der Waals surface area (Å²) in [5, 5.41) is 0. The van der Waals surface area contributed by atoms with E-state index < -0.39 is 5.60 Å². The Kier molecular flexibility index (Phi) is 8.06. The van der Waals surface area contributed by atoms with Crippen LogP contribution in [0.1, 0.15) is 20.8 Å². The number of hydrogen-bond donors (Lipinski definition) is 1. The van der Waals surface area contributed by atoms with E-state index in [-0.39, 0.29) is 23.0 Å². The molecular weight excluding hydrogens is 246 g/mol. The molecule has 0 saturated carbocycles. The van der Waals surface area contributed by atoms with Gasteiger partial charge in [0.2, 0.25) is 0 Å². The summed E-state index contributed by atoms with van der Waals surface area (Å²) in [5.41, 5.74) is -0.411. The van der Waals surface area contributed by atoms with Crippen molar-refractivity contribution in [3.63, 3.8) is 0 Å². The van der Waals surface area contributed by atoms with Crippen molar-refractivity contribution in [1.29, 1.82) is 0 Å². The molecule has 0 rings (SSSR count). The maximum atomic E-state index is 10.9. The fraction of sp³-hybridized carbons (Fsp3) is 0.700. The predicted octanol–water partition coefficient (Wildman–Crippen LogP) is -2.97. The third-order valence-corrected chi connectivity index (χ3v) is 1.87. The number of carbonyl (C=O) groups excluding carboxylic acids is 1. The minimum absolute atomic E-state index is 0. The van der Waals surface area contributed by atoms with Crippen LogP contribution in [0.4, 0.5) is 0 Å². The Morgan fingerprint density at radius 1 is 1.57 bits per heavy atom. The lowest BCUT2D eigenvalue weighted by molar-refractivity contribution is -0.883. The normalized spacial score (nSPS) is 12.6. The van der Waals surface area contributed by atoms with Gasteiger partial charge in [0.1, 0.15) is 6.54 Å². The Morgan fingerprint density at radius 3 is 2.43 bits per heavy atom. The minimum atomic E-state index is -0.411. The standard InChI is InChI=1S/C10H19NO2.BrH/c1-6-9(12)13-10(3,4)8-11(5)7-2;/h6H,1,7-8H2,2-5H3;1H. The number of nitrogens with one attached hydrogen (secondary N) is 1. The Labute approximate surface area is 96.9 Å². The fourth-order valence-corrected chi connectivity index (χ4v) is 1.20. The molecule has 0 bridgehead atoms. The van der Waals surface area contributed by atoms with Crippen molar-refractivity contribution in [2.45, 2.75) is 26.4 Å². The van der Waals surface area contributed by atoms with Gasteiger partial charge in [-0.1, -0.05) is 6.58 Å². The highest BCUT2D eigenvalue weighted by Gasteiger charge is 2.25. The topological polar surface area (TPSA) is 30.7 Å². The highest BCUT2D eigenvalue weighted by Crippen LogP contribution is 2.06. The molecule has 0 aromatic heterocycles. The second-order valence-corrected chi connectivity index (χ2v) is 3.87. The van der Waals surface area contributed by atoms with Gasteiger partial charge < -0.3 is 26.6 Å². The van der Waals surface area contributed by atoms with Crippen molar-refractivity contribution in [3.05, 3.63) is 12.7 Å². The molecule has 1 unspecified atom stereocenters. The predicted molar refractivity (Wildman–Crippen MR) is 52.7 cm³/mol. The molecule has 0 aliphatic rings. The first kappa shape index (κ1) is 16.1. The number of carbonyl (C=O) groups is 1. The lowest BCUT2D eigenvalue weighted by Crippen LogP contribution is -3.10. The Hall–Kier alpha value is -0.350. The van der Waals surface area contributed by atoms with Gasteiger partial charge in [0, 0.05) is 6.08 Å². The number of hydrogen-bond acceptors (Lipinski definition) is 2. The Morgan fingerprint density at radius 2 is 2.07 bits per heavy atom. The van der Waals surface area contributed by atoms with E-state index in [1.165, 1.54) is 11.0 Å². The van der Waals surface area contributed by atoms with Crippen LogP contribution in [0.5, 0.6) is 0 Å². The first-order valence-electron chi connectivity index (χ1n) is 4.58. The van der Waals surface area contributed by atoms with E-state index in [2.05, 4.69) is 20.6 Å². The quantitative estimate of drug-likeness (QED) is 0.426. The molecule has 1 atom stereocenters. The summed E-state index contributed by atoms with van der Waals surface area (Å²) in [4.78, 5) is 12.3. The van der Waals surface area contributed by atoms with Crippen LogP contribution in [-0.4, -0.2) is 31.7 Å². The van der Waals surface area contributed by atoms with Crippen LogP contribution >= 0.6 is 0 Å². The van der Waals surface area contributed by atoms with Gasteiger partial charge in [0.05, 0.1) is 13.6 Å². The zero-order valence-electron chi connectivity index (χ0n) is 9.39. The second kappa shape index (κ2) is 7.01. The van der Waals surface area contributed by atoms with E-state index >= 15 is 0 Å². The van der Waals surface area contributed by atoms with E-state index in [1.807, 2.05) is 13.8 Å². The number of likely N-dealkylation sites (N-methyl/N-ethyl adjacent to an activating group) is 1. The average molecular weight is 266 g/mol.